The Hall–Kier alpha value is -1.36. The summed E-state index contributed by atoms with van der Waals surface area (Å²) in [5.41, 5.74) is 0.950. The van der Waals surface area contributed by atoms with Gasteiger partial charge in [0.25, 0.3) is 5.56 Å². The highest BCUT2D eigenvalue weighted by Gasteiger charge is 2.32. The Balaban J connectivity index is 2.01. The van der Waals surface area contributed by atoms with Crippen LogP contribution in [0.15, 0.2) is 9.59 Å². The van der Waals surface area contributed by atoms with Gasteiger partial charge < -0.3 is 4.98 Å². The van der Waals surface area contributed by atoms with Crippen molar-refractivity contribution in [3.05, 3.63) is 32.1 Å². The summed E-state index contributed by atoms with van der Waals surface area (Å²) in [6.07, 6.45) is 3.28. The van der Waals surface area contributed by atoms with Gasteiger partial charge in [-0.2, -0.15) is 0 Å². The zero-order valence-electron chi connectivity index (χ0n) is 8.38. The van der Waals surface area contributed by atoms with Gasteiger partial charge in [0, 0.05) is 31.2 Å². The molecule has 0 atom stereocenters. The van der Waals surface area contributed by atoms with E-state index < -0.39 is 5.69 Å². The van der Waals surface area contributed by atoms with Gasteiger partial charge in [-0.25, -0.2) is 4.79 Å². The van der Waals surface area contributed by atoms with Crippen LogP contribution in [0.3, 0.4) is 0 Å². The lowest BCUT2D eigenvalue weighted by atomic mass is 10.1. The second-order valence-electron chi connectivity index (χ2n) is 4.32. The minimum atomic E-state index is -0.390. The van der Waals surface area contributed by atoms with Crippen molar-refractivity contribution in [3.8, 4) is 0 Å². The zero-order chi connectivity index (χ0) is 10.4. The van der Waals surface area contributed by atoms with Crippen LogP contribution in [-0.2, 0) is 13.0 Å². The molecule has 1 aliphatic heterocycles. The van der Waals surface area contributed by atoms with Gasteiger partial charge >= 0.3 is 5.69 Å². The standard InChI is InChI=1S/C10H13N3O2/c14-9-7-5-13(6-1-2-6)4-3-8(7)11-10(15)12-9/h6H,1-5H2,(H2,11,12,14,15). The maximum Gasteiger partial charge on any atom is 0.325 e. The van der Waals surface area contributed by atoms with Crippen LogP contribution in [-0.4, -0.2) is 27.5 Å². The van der Waals surface area contributed by atoms with Gasteiger partial charge in [-0.15, -0.1) is 0 Å². The van der Waals surface area contributed by atoms with E-state index in [0.29, 0.717) is 12.6 Å². The summed E-state index contributed by atoms with van der Waals surface area (Å²) in [6, 6.07) is 0.671. The molecule has 0 unspecified atom stereocenters. The van der Waals surface area contributed by atoms with Crippen LogP contribution in [0.25, 0.3) is 0 Å². The van der Waals surface area contributed by atoms with E-state index in [2.05, 4.69) is 14.9 Å². The molecule has 2 aliphatic rings. The van der Waals surface area contributed by atoms with Gasteiger partial charge in [0.2, 0.25) is 0 Å². The molecule has 1 aromatic rings. The molecular weight excluding hydrogens is 194 g/mol. The molecule has 2 heterocycles. The van der Waals surface area contributed by atoms with Crippen LogP contribution in [0, 0.1) is 0 Å². The summed E-state index contributed by atoms with van der Waals surface area (Å²) in [4.78, 5) is 30.0. The van der Waals surface area contributed by atoms with Crippen LogP contribution in [0.2, 0.25) is 0 Å². The molecule has 2 N–H and O–H groups in total. The molecule has 0 radical (unpaired) electrons. The summed E-state index contributed by atoms with van der Waals surface area (Å²) in [7, 11) is 0. The van der Waals surface area contributed by atoms with Crippen molar-refractivity contribution in [1.29, 1.82) is 0 Å². The van der Waals surface area contributed by atoms with Crippen molar-refractivity contribution >= 4 is 0 Å². The molecule has 0 spiro atoms. The molecule has 1 fully saturated rings. The molecule has 3 rings (SSSR count). The maximum absolute atomic E-state index is 11.6. The average molecular weight is 207 g/mol. The fourth-order valence-corrected chi connectivity index (χ4v) is 2.23. The summed E-state index contributed by atoms with van der Waals surface area (Å²) in [5, 5.41) is 0. The molecular formula is C10H13N3O2. The van der Waals surface area contributed by atoms with Crippen molar-refractivity contribution in [2.45, 2.75) is 31.8 Å². The Kier molecular flexibility index (Phi) is 1.82. The first-order valence-electron chi connectivity index (χ1n) is 5.32. The smallest absolute Gasteiger partial charge is 0.311 e. The van der Waals surface area contributed by atoms with Crippen molar-refractivity contribution in [2.75, 3.05) is 6.54 Å². The topological polar surface area (TPSA) is 69.0 Å². The Morgan fingerprint density at radius 2 is 2.00 bits per heavy atom. The van der Waals surface area contributed by atoms with E-state index in [0.717, 1.165) is 24.2 Å². The number of hydrogen-bond acceptors (Lipinski definition) is 3. The van der Waals surface area contributed by atoms with Gasteiger partial charge in [0.15, 0.2) is 0 Å². The molecule has 1 aromatic heterocycles. The van der Waals surface area contributed by atoms with Gasteiger partial charge in [-0.3, -0.25) is 14.7 Å². The van der Waals surface area contributed by atoms with Crippen molar-refractivity contribution < 1.29 is 0 Å². The molecule has 15 heavy (non-hydrogen) atoms. The number of nitrogens with zero attached hydrogens (tertiary/aromatic N) is 1. The SMILES string of the molecule is O=c1[nH]c2c(c(=O)[nH]1)CN(C1CC1)CC2. The predicted octanol–water partition coefficient (Wildman–Crippen LogP) is -0.416. The molecule has 5 heteroatoms. The van der Waals surface area contributed by atoms with E-state index in [1.54, 1.807) is 0 Å². The lowest BCUT2D eigenvalue weighted by Crippen LogP contribution is -2.39. The molecule has 1 aliphatic carbocycles. The van der Waals surface area contributed by atoms with Crippen LogP contribution < -0.4 is 11.2 Å². The van der Waals surface area contributed by atoms with E-state index in [9.17, 15) is 9.59 Å². The van der Waals surface area contributed by atoms with Gasteiger partial charge in [-0.1, -0.05) is 0 Å². The minimum absolute atomic E-state index is 0.223. The van der Waals surface area contributed by atoms with Crippen LogP contribution >= 0.6 is 0 Å². The second-order valence-corrected chi connectivity index (χ2v) is 4.32. The van der Waals surface area contributed by atoms with Crippen molar-refractivity contribution in [2.24, 2.45) is 0 Å². The van der Waals surface area contributed by atoms with Crippen molar-refractivity contribution in [1.82, 2.24) is 14.9 Å². The first-order chi connectivity index (χ1) is 7.24. The second kappa shape index (κ2) is 3.06. The van der Waals surface area contributed by atoms with E-state index in [1.165, 1.54) is 12.8 Å². The number of nitrogens with one attached hydrogen (secondary N) is 2. The summed E-state index contributed by atoms with van der Waals surface area (Å²) in [6.45, 7) is 1.64. The fourth-order valence-electron chi connectivity index (χ4n) is 2.23. The fraction of sp³-hybridized carbons (Fsp3) is 0.600. The maximum atomic E-state index is 11.6. The molecule has 5 nitrogen and oxygen atoms in total. The highest BCUT2D eigenvalue weighted by molar-refractivity contribution is 5.19. The Morgan fingerprint density at radius 3 is 2.73 bits per heavy atom. The Labute approximate surface area is 86.1 Å². The first kappa shape index (κ1) is 8.91. The van der Waals surface area contributed by atoms with Crippen LogP contribution in [0.5, 0.6) is 0 Å². The van der Waals surface area contributed by atoms with Crippen LogP contribution in [0.1, 0.15) is 24.1 Å². The minimum Gasteiger partial charge on any atom is -0.311 e. The van der Waals surface area contributed by atoms with E-state index >= 15 is 0 Å². The normalized spacial score (nSPS) is 21.3. The largest absolute Gasteiger partial charge is 0.325 e. The van der Waals surface area contributed by atoms with Crippen LogP contribution in [0.4, 0.5) is 0 Å². The van der Waals surface area contributed by atoms with Gasteiger partial charge in [0.05, 0.1) is 5.56 Å². The quantitative estimate of drug-likeness (QED) is 0.657. The third-order valence-corrected chi connectivity index (χ3v) is 3.20. The van der Waals surface area contributed by atoms with Gasteiger partial charge in [-0.05, 0) is 12.8 Å². The monoisotopic (exact) mass is 207 g/mol. The predicted molar refractivity (Wildman–Crippen MR) is 54.8 cm³/mol. The number of hydrogen-bond donors (Lipinski definition) is 2. The number of aromatic amines is 2. The molecule has 1 saturated carbocycles. The number of aromatic nitrogens is 2. The first-order valence-corrected chi connectivity index (χ1v) is 5.32. The number of fused-ring (bicyclic) bond motifs is 1. The molecule has 0 saturated heterocycles. The number of H-pyrrole nitrogens is 2. The Morgan fingerprint density at radius 1 is 1.20 bits per heavy atom. The molecule has 80 valence electrons. The summed E-state index contributed by atoms with van der Waals surface area (Å²) in [5.74, 6) is 0. The third kappa shape index (κ3) is 1.52. The molecule has 0 bridgehead atoms. The van der Waals surface area contributed by atoms with E-state index in [1.807, 2.05) is 0 Å². The summed E-state index contributed by atoms with van der Waals surface area (Å²) < 4.78 is 0. The number of rotatable bonds is 1. The average Bonchev–Trinajstić information content (AvgIpc) is 3.00. The van der Waals surface area contributed by atoms with E-state index in [4.69, 9.17) is 0 Å². The van der Waals surface area contributed by atoms with Crippen molar-refractivity contribution in [3.63, 3.8) is 0 Å². The van der Waals surface area contributed by atoms with E-state index in [-0.39, 0.29) is 5.56 Å². The zero-order valence-corrected chi connectivity index (χ0v) is 8.38. The lowest BCUT2D eigenvalue weighted by molar-refractivity contribution is 0.239. The molecule has 0 aromatic carbocycles. The highest BCUT2D eigenvalue weighted by Crippen LogP contribution is 2.29. The molecule has 0 amide bonds. The van der Waals surface area contributed by atoms with Gasteiger partial charge in [0.1, 0.15) is 0 Å². The Bertz CT molecular complexity index is 498. The third-order valence-electron chi connectivity index (χ3n) is 3.20. The highest BCUT2D eigenvalue weighted by atomic mass is 16.2. The summed E-state index contributed by atoms with van der Waals surface area (Å²) >= 11 is 0. The lowest BCUT2D eigenvalue weighted by Gasteiger charge is -2.27.